The third-order valence-electron chi connectivity index (χ3n) is 5.12. The third kappa shape index (κ3) is 3.67. The topological polar surface area (TPSA) is 67.4 Å². The summed E-state index contributed by atoms with van der Waals surface area (Å²) < 4.78 is 19.2. The van der Waals surface area contributed by atoms with Crippen LogP contribution in [0.1, 0.15) is 5.56 Å². The molecule has 4 rings (SSSR count). The number of ether oxygens (including phenoxy) is 1. The zero-order valence-corrected chi connectivity index (χ0v) is 14.3. The maximum Gasteiger partial charge on any atom is 0.227 e. The van der Waals surface area contributed by atoms with E-state index in [4.69, 9.17) is 4.74 Å². The molecule has 0 bridgehead atoms. The highest BCUT2D eigenvalue weighted by molar-refractivity contribution is 5.79. The minimum Gasteiger partial charge on any atom is -0.376 e. The number of hydrogen-bond acceptors (Lipinski definition) is 5. The monoisotopic (exact) mass is 356 g/mol. The lowest BCUT2D eigenvalue weighted by Gasteiger charge is -2.20. The van der Waals surface area contributed by atoms with Crippen molar-refractivity contribution in [3.8, 4) is 0 Å². The average molecular weight is 356 g/mol. The molecule has 26 heavy (non-hydrogen) atoms. The van der Waals surface area contributed by atoms with Crippen LogP contribution < -0.4 is 5.32 Å². The van der Waals surface area contributed by atoms with Crippen LogP contribution in [0.4, 0.5) is 10.3 Å². The van der Waals surface area contributed by atoms with Crippen LogP contribution >= 0.6 is 0 Å². The van der Waals surface area contributed by atoms with E-state index >= 15 is 0 Å². The quantitative estimate of drug-likeness (QED) is 0.884. The van der Waals surface area contributed by atoms with E-state index in [1.165, 1.54) is 12.1 Å². The molecule has 0 spiro atoms. The van der Waals surface area contributed by atoms with Gasteiger partial charge in [-0.3, -0.25) is 4.79 Å². The van der Waals surface area contributed by atoms with Gasteiger partial charge in [0, 0.05) is 43.9 Å². The molecule has 2 aliphatic heterocycles. The molecule has 3 heterocycles. The molecule has 0 radical (unpaired) electrons. The number of likely N-dealkylation sites (tertiary alicyclic amines) is 1. The molecule has 6 nitrogen and oxygen atoms in total. The predicted molar refractivity (Wildman–Crippen MR) is 93.9 cm³/mol. The molecule has 1 aromatic heterocycles. The lowest BCUT2D eigenvalue weighted by Crippen LogP contribution is -2.33. The average Bonchev–Trinajstić information content (AvgIpc) is 3.22. The molecule has 1 aromatic carbocycles. The lowest BCUT2D eigenvalue weighted by atomic mass is 9.93. The highest BCUT2D eigenvalue weighted by Crippen LogP contribution is 2.34. The summed E-state index contributed by atoms with van der Waals surface area (Å²) in [5.41, 5.74) is 0.701. The highest BCUT2D eigenvalue weighted by atomic mass is 19.1. The summed E-state index contributed by atoms with van der Waals surface area (Å²) in [7, 11) is 0. The number of amides is 1. The van der Waals surface area contributed by atoms with Gasteiger partial charge in [0.15, 0.2) is 0 Å². The molecule has 0 unspecified atom stereocenters. The van der Waals surface area contributed by atoms with Crippen molar-refractivity contribution in [3.63, 3.8) is 0 Å². The van der Waals surface area contributed by atoms with Gasteiger partial charge in [0.1, 0.15) is 5.82 Å². The molecule has 0 aliphatic carbocycles. The second kappa shape index (κ2) is 7.37. The van der Waals surface area contributed by atoms with Crippen molar-refractivity contribution in [1.82, 2.24) is 14.9 Å². The van der Waals surface area contributed by atoms with E-state index < -0.39 is 0 Å². The summed E-state index contributed by atoms with van der Waals surface area (Å²) in [6.45, 7) is 2.69. The summed E-state index contributed by atoms with van der Waals surface area (Å²) in [6, 6.07) is 7.99. The van der Waals surface area contributed by atoms with Gasteiger partial charge in [0.2, 0.25) is 11.9 Å². The van der Waals surface area contributed by atoms with Gasteiger partial charge in [-0.1, -0.05) is 12.1 Å². The van der Waals surface area contributed by atoms with Gasteiger partial charge in [-0.15, -0.1) is 0 Å². The zero-order chi connectivity index (χ0) is 17.9. The summed E-state index contributed by atoms with van der Waals surface area (Å²) in [4.78, 5) is 22.7. The normalized spacial score (nSPS) is 24.5. The Labute approximate surface area is 151 Å². The van der Waals surface area contributed by atoms with E-state index in [-0.39, 0.29) is 24.2 Å². The summed E-state index contributed by atoms with van der Waals surface area (Å²) in [5, 5.41) is 3.24. The lowest BCUT2D eigenvalue weighted by molar-refractivity contribution is -0.130. The first kappa shape index (κ1) is 16.9. The Hall–Kier alpha value is -2.54. The number of hydrogen-bond donors (Lipinski definition) is 1. The number of nitrogens with one attached hydrogen (secondary N) is 1. The predicted octanol–water partition coefficient (Wildman–Crippen LogP) is 1.74. The van der Waals surface area contributed by atoms with E-state index in [0.29, 0.717) is 43.0 Å². The molecule has 7 heteroatoms. The van der Waals surface area contributed by atoms with Gasteiger partial charge >= 0.3 is 0 Å². The largest absolute Gasteiger partial charge is 0.376 e. The van der Waals surface area contributed by atoms with Gasteiger partial charge in [-0.2, -0.15) is 0 Å². The first-order chi connectivity index (χ1) is 12.7. The molecule has 1 N–H and O–H groups in total. The van der Waals surface area contributed by atoms with Crippen molar-refractivity contribution in [3.05, 3.63) is 54.1 Å². The molecular weight excluding hydrogens is 335 g/mol. The van der Waals surface area contributed by atoms with Crippen LogP contribution in [0.2, 0.25) is 0 Å². The Morgan fingerprint density at radius 2 is 2.12 bits per heavy atom. The molecular formula is C19H21FN4O2. The van der Waals surface area contributed by atoms with Crippen LogP contribution in [0.25, 0.3) is 0 Å². The number of fused-ring (bicyclic) bond motifs is 1. The molecule has 3 atom stereocenters. The summed E-state index contributed by atoms with van der Waals surface area (Å²) in [6.07, 6.45) is 3.70. The fourth-order valence-corrected chi connectivity index (χ4v) is 3.76. The second-order valence-electron chi connectivity index (χ2n) is 6.85. The van der Waals surface area contributed by atoms with Gasteiger partial charge in [0.05, 0.1) is 19.1 Å². The van der Waals surface area contributed by atoms with E-state index in [0.717, 1.165) is 6.54 Å². The van der Waals surface area contributed by atoms with Crippen LogP contribution in [-0.2, 0) is 16.0 Å². The Bertz CT molecular complexity index is 773. The van der Waals surface area contributed by atoms with E-state index in [1.807, 2.05) is 4.90 Å². The van der Waals surface area contributed by atoms with Crippen molar-refractivity contribution >= 4 is 11.9 Å². The molecule has 2 saturated heterocycles. The van der Waals surface area contributed by atoms with E-state index in [1.54, 1.807) is 30.6 Å². The van der Waals surface area contributed by atoms with Gasteiger partial charge in [-0.25, -0.2) is 14.4 Å². The molecule has 2 fully saturated rings. The highest BCUT2D eigenvalue weighted by Gasteiger charge is 2.44. The van der Waals surface area contributed by atoms with Crippen molar-refractivity contribution in [2.75, 3.05) is 31.6 Å². The van der Waals surface area contributed by atoms with Gasteiger partial charge in [-0.05, 0) is 23.8 Å². The molecule has 1 amide bonds. The van der Waals surface area contributed by atoms with Crippen LogP contribution in [0.5, 0.6) is 0 Å². The minimum absolute atomic E-state index is 0.0201. The number of carbonyl (C=O) groups is 1. The number of aromatic nitrogens is 2. The minimum atomic E-state index is -0.314. The van der Waals surface area contributed by atoms with Gasteiger partial charge < -0.3 is 15.0 Å². The maximum atomic E-state index is 13.3. The van der Waals surface area contributed by atoms with E-state index in [2.05, 4.69) is 15.3 Å². The standard InChI is InChI=1S/C19H21FN4O2/c20-15-4-1-3-13(7-15)8-18(25)24-10-16-14(12-26-17(16)11-24)9-23-19-21-5-2-6-22-19/h1-7,14,16-17H,8-12H2,(H,21,22,23)/t14-,16+,17+/m1/s1. The van der Waals surface area contributed by atoms with Crippen molar-refractivity contribution in [2.24, 2.45) is 11.8 Å². The Kier molecular flexibility index (Phi) is 4.79. The van der Waals surface area contributed by atoms with E-state index in [9.17, 15) is 9.18 Å². The fraction of sp³-hybridized carbons (Fsp3) is 0.421. The fourth-order valence-electron chi connectivity index (χ4n) is 3.76. The number of nitrogens with zero attached hydrogens (tertiary/aromatic N) is 3. The summed E-state index contributed by atoms with van der Waals surface area (Å²) in [5.74, 6) is 0.935. The Morgan fingerprint density at radius 3 is 2.92 bits per heavy atom. The first-order valence-corrected chi connectivity index (χ1v) is 8.84. The number of anilines is 1. The Morgan fingerprint density at radius 1 is 1.27 bits per heavy atom. The zero-order valence-electron chi connectivity index (χ0n) is 14.3. The van der Waals surface area contributed by atoms with Crippen molar-refractivity contribution in [1.29, 1.82) is 0 Å². The first-order valence-electron chi connectivity index (χ1n) is 8.84. The number of carbonyl (C=O) groups excluding carboxylic acids is 1. The smallest absolute Gasteiger partial charge is 0.227 e. The third-order valence-corrected chi connectivity index (χ3v) is 5.12. The number of benzene rings is 1. The van der Waals surface area contributed by atoms with Crippen LogP contribution in [0, 0.1) is 17.7 Å². The number of halogens is 1. The van der Waals surface area contributed by atoms with Crippen LogP contribution in [-0.4, -0.2) is 53.1 Å². The van der Waals surface area contributed by atoms with Crippen LogP contribution in [0.15, 0.2) is 42.7 Å². The second-order valence-corrected chi connectivity index (χ2v) is 6.85. The summed E-state index contributed by atoms with van der Waals surface area (Å²) >= 11 is 0. The molecule has 2 aromatic rings. The molecule has 136 valence electrons. The van der Waals surface area contributed by atoms with Crippen LogP contribution in [0.3, 0.4) is 0 Å². The van der Waals surface area contributed by atoms with Crippen molar-refractivity contribution in [2.45, 2.75) is 12.5 Å². The van der Waals surface area contributed by atoms with Gasteiger partial charge in [0.25, 0.3) is 0 Å². The Balaban J connectivity index is 1.33. The molecule has 2 aliphatic rings. The SMILES string of the molecule is O=C(Cc1cccc(F)c1)N1C[C@H]2[C@H](CNc3ncccn3)CO[C@H]2C1. The van der Waals surface area contributed by atoms with Crippen molar-refractivity contribution < 1.29 is 13.9 Å². The maximum absolute atomic E-state index is 13.3. The number of rotatable bonds is 5. The molecule has 0 saturated carbocycles.